The van der Waals surface area contributed by atoms with E-state index in [1.165, 1.54) is 12.8 Å². The molecule has 4 rings (SSSR count). The van der Waals surface area contributed by atoms with Gasteiger partial charge in [-0.3, -0.25) is 9.59 Å². The van der Waals surface area contributed by atoms with Gasteiger partial charge in [0.15, 0.2) is 11.5 Å². The molecule has 2 fully saturated rings. The van der Waals surface area contributed by atoms with Crippen LogP contribution in [0.1, 0.15) is 32.1 Å². The molecule has 1 atom stereocenters. The predicted molar refractivity (Wildman–Crippen MR) is 114 cm³/mol. The topological polar surface area (TPSA) is 77.1 Å². The van der Waals surface area contributed by atoms with Crippen molar-refractivity contribution in [2.75, 3.05) is 45.3 Å². The van der Waals surface area contributed by atoms with Crippen LogP contribution in [0, 0.1) is 5.92 Å². The van der Waals surface area contributed by atoms with E-state index in [2.05, 4.69) is 5.32 Å². The van der Waals surface area contributed by atoms with Gasteiger partial charge in [0.1, 0.15) is 13.2 Å². The highest BCUT2D eigenvalue weighted by Gasteiger charge is 2.29. The molecule has 1 N–H and O–H groups in total. The van der Waals surface area contributed by atoms with Crippen LogP contribution < -0.4 is 14.8 Å². The van der Waals surface area contributed by atoms with Gasteiger partial charge in [0.05, 0.1) is 19.1 Å². The summed E-state index contributed by atoms with van der Waals surface area (Å²) in [6.45, 7) is 2.98. The van der Waals surface area contributed by atoms with E-state index in [0.29, 0.717) is 51.7 Å². The fraction of sp³-hybridized carbons (Fsp3) is 0.636. The summed E-state index contributed by atoms with van der Waals surface area (Å²) in [6.07, 6.45) is 4.89. The number of benzene rings is 1. The lowest BCUT2D eigenvalue weighted by atomic mass is 10.1. The molecule has 7 nitrogen and oxygen atoms in total. The second kappa shape index (κ2) is 10.4. The molecule has 3 aliphatic rings. The summed E-state index contributed by atoms with van der Waals surface area (Å²) in [6, 6.07) is 6.16. The number of hydrogen-bond donors (Lipinski definition) is 1. The number of thioether (sulfide) groups is 1. The highest BCUT2D eigenvalue weighted by atomic mass is 32.2. The van der Waals surface area contributed by atoms with E-state index in [9.17, 15) is 9.59 Å². The van der Waals surface area contributed by atoms with Crippen molar-refractivity contribution in [2.45, 2.75) is 43.0 Å². The first kappa shape index (κ1) is 21.3. The number of amides is 2. The van der Waals surface area contributed by atoms with Crippen LogP contribution in [0.5, 0.6) is 11.5 Å². The van der Waals surface area contributed by atoms with Gasteiger partial charge < -0.3 is 24.4 Å². The number of rotatable bonds is 6. The summed E-state index contributed by atoms with van der Waals surface area (Å²) < 4.78 is 16.8. The Bertz CT molecular complexity index is 753. The number of nitrogens with one attached hydrogen (secondary N) is 1. The molecule has 164 valence electrons. The third-order valence-corrected chi connectivity index (χ3v) is 6.78. The van der Waals surface area contributed by atoms with Crippen LogP contribution in [0.15, 0.2) is 23.1 Å². The molecule has 30 heavy (non-hydrogen) atoms. The maximum atomic E-state index is 12.8. The number of ether oxygens (including phenoxy) is 3. The third-order valence-electron chi connectivity index (χ3n) is 5.79. The van der Waals surface area contributed by atoms with Crippen LogP contribution in [0.3, 0.4) is 0 Å². The van der Waals surface area contributed by atoms with Crippen molar-refractivity contribution in [3.05, 3.63) is 18.2 Å². The molecule has 1 unspecified atom stereocenters. The van der Waals surface area contributed by atoms with Crippen molar-refractivity contribution < 1.29 is 23.8 Å². The SMILES string of the molecule is O=C(NC1CCCC1)C1COCCN(C(=O)CCSc2ccc3c(c2)OCCO3)C1. The maximum Gasteiger partial charge on any atom is 0.227 e. The molecule has 1 saturated heterocycles. The minimum atomic E-state index is -0.289. The predicted octanol–water partition coefficient (Wildman–Crippen LogP) is 2.47. The zero-order valence-electron chi connectivity index (χ0n) is 17.3. The summed E-state index contributed by atoms with van der Waals surface area (Å²) in [5.41, 5.74) is 0. The second-order valence-electron chi connectivity index (χ2n) is 8.01. The van der Waals surface area contributed by atoms with Crippen LogP contribution in [0.4, 0.5) is 0 Å². The number of carbonyl (C=O) groups excluding carboxylic acids is 2. The van der Waals surface area contributed by atoms with Crippen molar-refractivity contribution in [3.63, 3.8) is 0 Å². The van der Waals surface area contributed by atoms with E-state index < -0.39 is 0 Å². The van der Waals surface area contributed by atoms with E-state index in [4.69, 9.17) is 14.2 Å². The van der Waals surface area contributed by atoms with Crippen molar-refractivity contribution in [3.8, 4) is 11.5 Å². The molecule has 0 aromatic heterocycles. The Kier molecular flexibility index (Phi) is 7.38. The molecule has 8 heteroatoms. The first-order chi connectivity index (χ1) is 14.7. The van der Waals surface area contributed by atoms with Gasteiger partial charge in [-0.05, 0) is 31.0 Å². The van der Waals surface area contributed by atoms with Gasteiger partial charge in [0, 0.05) is 36.2 Å². The number of fused-ring (bicyclic) bond motifs is 1. The van der Waals surface area contributed by atoms with Crippen LogP contribution >= 0.6 is 11.8 Å². The standard InChI is InChI=1S/C22H30N2O5S/c25-21(7-12-30-18-5-6-19-20(13-18)29-11-10-28-19)24-8-9-27-15-16(14-24)22(26)23-17-3-1-2-4-17/h5-6,13,16-17H,1-4,7-12,14-15H2,(H,23,26). The lowest BCUT2D eigenvalue weighted by Crippen LogP contribution is -2.44. The number of nitrogens with zero attached hydrogens (tertiary/aromatic N) is 1. The molecule has 2 aliphatic heterocycles. The van der Waals surface area contributed by atoms with E-state index in [0.717, 1.165) is 29.2 Å². The quantitative estimate of drug-likeness (QED) is 0.693. The minimum Gasteiger partial charge on any atom is -0.486 e. The summed E-state index contributed by atoms with van der Waals surface area (Å²) in [5.74, 6) is 2.01. The lowest BCUT2D eigenvalue weighted by Gasteiger charge is -2.24. The van der Waals surface area contributed by atoms with Gasteiger partial charge >= 0.3 is 0 Å². The van der Waals surface area contributed by atoms with Crippen molar-refractivity contribution in [1.82, 2.24) is 10.2 Å². The Morgan fingerprint density at radius 3 is 2.73 bits per heavy atom. The number of hydrogen-bond acceptors (Lipinski definition) is 6. The molecule has 2 amide bonds. The van der Waals surface area contributed by atoms with Crippen LogP contribution in [0.25, 0.3) is 0 Å². The van der Waals surface area contributed by atoms with Crippen molar-refractivity contribution in [2.24, 2.45) is 5.92 Å². The van der Waals surface area contributed by atoms with E-state index >= 15 is 0 Å². The molecule has 1 aromatic carbocycles. The van der Waals surface area contributed by atoms with E-state index in [-0.39, 0.29) is 23.8 Å². The highest BCUT2D eigenvalue weighted by Crippen LogP contribution is 2.34. The Labute approximate surface area is 181 Å². The van der Waals surface area contributed by atoms with Gasteiger partial charge in [-0.25, -0.2) is 0 Å². The first-order valence-electron chi connectivity index (χ1n) is 10.9. The Hall–Kier alpha value is -1.93. The van der Waals surface area contributed by atoms with Crippen LogP contribution in [-0.4, -0.2) is 68.0 Å². The minimum absolute atomic E-state index is 0.0206. The summed E-state index contributed by atoms with van der Waals surface area (Å²) in [4.78, 5) is 28.2. The monoisotopic (exact) mass is 434 g/mol. The maximum absolute atomic E-state index is 12.8. The molecule has 1 aliphatic carbocycles. The molecule has 2 heterocycles. The Morgan fingerprint density at radius 2 is 1.90 bits per heavy atom. The summed E-state index contributed by atoms with van der Waals surface area (Å²) in [5, 5.41) is 3.14. The highest BCUT2D eigenvalue weighted by molar-refractivity contribution is 7.99. The second-order valence-corrected chi connectivity index (χ2v) is 9.17. The molecule has 0 radical (unpaired) electrons. The normalized spacial score (nSPS) is 21.9. The van der Waals surface area contributed by atoms with E-state index in [1.807, 2.05) is 18.2 Å². The summed E-state index contributed by atoms with van der Waals surface area (Å²) in [7, 11) is 0. The van der Waals surface area contributed by atoms with Gasteiger partial charge in [-0.1, -0.05) is 12.8 Å². The van der Waals surface area contributed by atoms with Crippen molar-refractivity contribution in [1.29, 1.82) is 0 Å². The average Bonchev–Trinajstić information content (AvgIpc) is 3.14. The third kappa shape index (κ3) is 5.60. The lowest BCUT2D eigenvalue weighted by molar-refractivity contribution is -0.132. The van der Waals surface area contributed by atoms with Gasteiger partial charge in [-0.15, -0.1) is 11.8 Å². The van der Waals surface area contributed by atoms with Gasteiger partial charge in [0.25, 0.3) is 0 Å². The first-order valence-corrected chi connectivity index (χ1v) is 11.9. The Balaban J connectivity index is 1.25. The smallest absolute Gasteiger partial charge is 0.227 e. The molecular formula is C22H30N2O5S. The fourth-order valence-electron chi connectivity index (χ4n) is 4.11. The largest absolute Gasteiger partial charge is 0.486 e. The zero-order chi connectivity index (χ0) is 20.8. The average molecular weight is 435 g/mol. The van der Waals surface area contributed by atoms with Crippen LogP contribution in [0.2, 0.25) is 0 Å². The zero-order valence-corrected chi connectivity index (χ0v) is 18.1. The molecule has 0 bridgehead atoms. The fourth-order valence-corrected chi connectivity index (χ4v) is 4.98. The van der Waals surface area contributed by atoms with Gasteiger partial charge in [-0.2, -0.15) is 0 Å². The molecule has 0 spiro atoms. The number of carbonyl (C=O) groups is 2. The summed E-state index contributed by atoms with van der Waals surface area (Å²) >= 11 is 1.63. The molecule has 1 aromatic rings. The Morgan fingerprint density at radius 1 is 1.10 bits per heavy atom. The van der Waals surface area contributed by atoms with Crippen LogP contribution in [-0.2, 0) is 14.3 Å². The molecule has 1 saturated carbocycles. The van der Waals surface area contributed by atoms with E-state index in [1.54, 1.807) is 16.7 Å². The molecular weight excluding hydrogens is 404 g/mol. The van der Waals surface area contributed by atoms with Crippen molar-refractivity contribution >= 4 is 23.6 Å². The van der Waals surface area contributed by atoms with Gasteiger partial charge in [0.2, 0.25) is 11.8 Å².